The van der Waals surface area contributed by atoms with E-state index in [1.807, 2.05) is 81.1 Å². The number of amides is 1. The van der Waals surface area contributed by atoms with E-state index in [9.17, 15) is 9.00 Å². The van der Waals surface area contributed by atoms with Crippen LogP contribution < -0.4 is 0 Å². The molecule has 2 aromatic rings. The third-order valence-corrected chi connectivity index (χ3v) is 6.77. The van der Waals surface area contributed by atoms with Crippen LogP contribution in [0.1, 0.15) is 33.3 Å². The van der Waals surface area contributed by atoms with Crippen LogP contribution in [0.15, 0.2) is 64.0 Å². The Bertz CT molecular complexity index is 786. The molecule has 27 heavy (non-hydrogen) atoms. The zero-order valence-corrected chi connectivity index (χ0v) is 18.8. The third-order valence-electron chi connectivity index (χ3n) is 4.41. The maximum absolute atomic E-state index is 13.0. The molecule has 0 aliphatic heterocycles. The number of carbonyl (C=O) groups is 1. The number of halogens is 1. The standard InChI is InChI=1S/C22H28BrNO2S/c1-17(16-27(26)19-11-6-5-7-12-19)24(21(25)22(2,3)4)15-14-18-10-8-9-13-20(18)23/h5-13,17H,14-16H2,1-4H3. The highest BCUT2D eigenvalue weighted by atomic mass is 79.9. The lowest BCUT2D eigenvalue weighted by Gasteiger charge is -2.34. The van der Waals surface area contributed by atoms with Crippen LogP contribution in [-0.2, 0) is 22.0 Å². The first-order valence-electron chi connectivity index (χ1n) is 9.18. The van der Waals surface area contributed by atoms with Gasteiger partial charge in [-0.25, -0.2) is 0 Å². The lowest BCUT2D eigenvalue weighted by molar-refractivity contribution is -0.141. The molecule has 0 aliphatic carbocycles. The second-order valence-corrected chi connectivity index (χ2v) is 10.1. The molecule has 0 bridgehead atoms. The lowest BCUT2D eigenvalue weighted by Crippen LogP contribution is -2.47. The largest absolute Gasteiger partial charge is 0.338 e. The van der Waals surface area contributed by atoms with Crippen LogP contribution >= 0.6 is 15.9 Å². The molecule has 146 valence electrons. The van der Waals surface area contributed by atoms with Gasteiger partial charge in [-0.3, -0.25) is 9.00 Å². The predicted octanol–water partition coefficient (Wildman–Crippen LogP) is 5.06. The number of rotatable bonds is 7. The molecule has 1 amide bonds. The fourth-order valence-electron chi connectivity index (χ4n) is 2.87. The monoisotopic (exact) mass is 449 g/mol. The van der Waals surface area contributed by atoms with Crippen LogP contribution in [0, 0.1) is 5.41 Å². The van der Waals surface area contributed by atoms with Crippen LogP contribution in [0.2, 0.25) is 0 Å². The van der Waals surface area contributed by atoms with Crippen molar-refractivity contribution in [2.75, 3.05) is 12.3 Å². The van der Waals surface area contributed by atoms with Gasteiger partial charge in [0.15, 0.2) is 0 Å². The van der Waals surface area contributed by atoms with Gasteiger partial charge >= 0.3 is 0 Å². The van der Waals surface area contributed by atoms with Crippen molar-refractivity contribution in [2.24, 2.45) is 5.41 Å². The summed E-state index contributed by atoms with van der Waals surface area (Å²) in [5.74, 6) is 0.522. The first kappa shape index (κ1) is 21.8. The number of hydrogen-bond acceptors (Lipinski definition) is 2. The lowest BCUT2D eigenvalue weighted by atomic mass is 9.93. The average Bonchev–Trinajstić information content (AvgIpc) is 2.63. The topological polar surface area (TPSA) is 37.4 Å². The van der Waals surface area contributed by atoms with Crippen LogP contribution in [0.4, 0.5) is 0 Å². The summed E-state index contributed by atoms with van der Waals surface area (Å²) in [6, 6.07) is 17.4. The predicted molar refractivity (Wildman–Crippen MR) is 116 cm³/mol. The van der Waals surface area contributed by atoms with Crippen LogP contribution in [0.5, 0.6) is 0 Å². The summed E-state index contributed by atoms with van der Waals surface area (Å²) in [7, 11) is -1.13. The first-order chi connectivity index (χ1) is 12.7. The van der Waals surface area contributed by atoms with Gasteiger partial charge < -0.3 is 4.90 Å². The molecule has 0 N–H and O–H groups in total. The molecule has 0 heterocycles. The SMILES string of the molecule is CC(CS(=O)c1ccccc1)N(CCc1ccccc1Br)C(=O)C(C)(C)C. The molecule has 0 aromatic heterocycles. The zero-order chi connectivity index (χ0) is 20.0. The fourth-order valence-corrected chi connectivity index (χ4v) is 4.63. The van der Waals surface area contributed by atoms with Gasteiger partial charge in [0.05, 0.1) is 10.8 Å². The van der Waals surface area contributed by atoms with Crippen LogP contribution in [-0.4, -0.2) is 33.4 Å². The summed E-state index contributed by atoms with van der Waals surface area (Å²) >= 11 is 3.58. The van der Waals surface area contributed by atoms with Crippen molar-refractivity contribution in [1.29, 1.82) is 0 Å². The number of benzene rings is 2. The van der Waals surface area contributed by atoms with E-state index in [-0.39, 0.29) is 11.9 Å². The highest BCUT2D eigenvalue weighted by molar-refractivity contribution is 9.10. The summed E-state index contributed by atoms with van der Waals surface area (Å²) in [6.45, 7) is 8.39. The minimum absolute atomic E-state index is 0.0899. The maximum Gasteiger partial charge on any atom is 0.228 e. The van der Waals surface area contributed by atoms with Gasteiger partial charge in [-0.2, -0.15) is 0 Å². The Morgan fingerprint density at radius 2 is 1.67 bits per heavy atom. The average molecular weight is 450 g/mol. The Labute approximate surface area is 173 Å². The van der Waals surface area contributed by atoms with Crippen LogP contribution in [0.3, 0.4) is 0 Å². The molecule has 2 rings (SSSR count). The third kappa shape index (κ3) is 6.28. The highest BCUT2D eigenvalue weighted by Crippen LogP contribution is 2.22. The molecule has 2 aromatic carbocycles. The van der Waals surface area contributed by atoms with E-state index >= 15 is 0 Å². The molecule has 0 radical (unpaired) electrons. The summed E-state index contributed by atoms with van der Waals surface area (Å²) < 4.78 is 13.8. The Hall–Kier alpha value is -1.46. The smallest absolute Gasteiger partial charge is 0.228 e. The van der Waals surface area contributed by atoms with E-state index in [2.05, 4.69) is 22.0 Å². The zero-order valence-electron chi connectivity index (χ0n) is 16.4. The van der Waals surface area contributed by atoms with Crippen molar-refractivity contribution < 1.29 is 9.00 Å². The number of carbonyl (C=O) groups excluding carboxylic acids is 1. The van der Waals surface area contributed by atoms with Crippen molar-refractivity contribution in [3.8, 4) is 0 Å². The molecule has 0 fully saturated rings. The van der Waals surface area contributed by atoms with Crippen molar-refractivity contribution in [3.05, 3.63) is 64.6 Å². The van der Waals surface area contributed by atoms with E-state index in [0.717, 1.165) is 15.8 Å². The molecule has 2 atom stereocenters. The molecular weight excluding hydrogens is 422 g/mol. The second-order valence-electron chi connectivity index (χ2n) is 7.76. The molecule has 0 saturated carbocycles. The summed E-state index contributed by atoms with van der Waals surface area (Å²) in [6.07, 6.45) is 0.756. The van der Waals surface area contributed by atoms with Gasteiger partial charge in [0, 0.05) is 33.1 Å². The summed E-state index contributed by atoms with van der Waals surface area (Å²) in [5, 5.41) is 0. The highest BCUT2D eigenvalue weighted by Gasteiger charge is 2.31. The Morgan fingerprint density at radius 3 is 2.26 bits per heavy atom. The first-order valence-corrected chi connectivity index (χ1v) is 11.3. The molecule has 2 unspecified atom stereocenters. The number of hydrogen-bond donors (Lipinski definition) is 0. The quantitative estimate of drug-likeness (QED) is 0.591. The van der Waals surface area contributed by atoms with Crippen molar-refractivity contribution >= 4 is 32.6 Å². The molecule has 0 spiro atoms. The minimum Gasteiger partial charge on any atom is -0.338 e. The Balaban J connectivity index is 2.15. The molecule has 3 nitrogen and oxygen atoms in total. The summed E-state index contributed by atoms with van der Waals surface area (Å²) in [4.78, 5) is 15.7. The van der Waals surface area contributed by atoms with Gasteiger partial charge in [-0.1, -0.05) is 73.1 Å². The van der Waals surface area contributed by atoms with Crippen molar-refractivity contribution in [2.45, 2.75) is 45.1 Å². The van der Waals surface area contributed by atoms with E-state index in [0.29, 0.717) is 12.3 Å². The van der Waals surface area contributed by atoms with E-state index in [4.69, 9.17) is 0 Å². The fraction of sp³-hybridized carbons (Fsp3) is 0.409. The van der Waals surface area contributed by atoms with E-state index in [1.165, 1.54) is 5.56 Å². The van der Waals surface area contributed by atoms with Crippen molar-refractivity contribution in [3.63, 3.8) is 0 Å². The molecular formula is C22H28BrNO2S. The second kappa shape index (κ2) is 9.65. The van der Waals surface area contributed by atoms with Gasteiger partial charge in [0.25, 0.3) is 0 Å². The van der Waals surface area contributed by atoms with Gasteiger partial charge in [0.1, 0.15) is 0 Å². The van der Waals surface area contributed by atoms with Crippen LogP contribution in [0.25, 0.3) is 0 Å². The van der Waals surface area contributed by atoms with Gasteiger partial charge in [0.2, 0.25) is 5.91 Å². The minimum atomic E-state index is -1.13. The molecule has 0 aliphatic rings. The molecule has 0 saturated heterocycles. The summed E-state index contributed by atoms with van der Waals surface area (Å²) in [5.41, 5.74) is 0.691. The van der Waals surface area contributed by atoms with Gasteiger partial charge in [-0.15, -0.1) is 0 Å². The van der Waals surface area contributed by atoms with Crippen molar-refractivity contribution in [1.82, 2.24) is 4.90 Å². The van der Waals surface area contributed by atoms with Gasteiger partial charge in [-0.05, 0) is 37.1 Å². The van der Waals surface area contributed by atoms with E-state index < -0.39 is 16.2 Å². The normalized spacial score (nSPS) is 13.8. The Morgan fingerprint density at radius 1 is 1.07 bits per heavy atom. The Kier molecular flexibility index (Phi) is 7.80. The van der Waals surface area contributed by atoms with E-state index in [1.54, 1.807) is 0 Å². The number of nitrogens with zero attached hydrogens (tertiary/aromatic N) is 1. The molecule has 5 heteroatoms. The maximum atomic E-state index is 13.0.